The molecule has 0 spiro atoms. The lowest BCUT2D eigenvalue weighted by Crippen LogP contribution is -2.42. The normalized spacial score (nSPS) is 12.6. The zero-order chi connectivity index (χ0) is 13.1. The number of hydroxylamine groups is 2. The van der Waals surface area contributed by atoms with E-state index in [-0.39, 0.29) is 5.91 Å². The van der Waals surface area contributed by atoms with Gasteiger partial charge in [0, 0.05) is 24.1 Å². The summed E-state index contributed by atoms with van der Waals surface area (Å²) in [5, 5.41) is 2.25. The van der Waals surface area contributed by atoms with Gasteiger partial charge in [0.25, 0.3) is 5.91 Å². The monoisotopic (exact) mass is 247 g/mol. The summed E-state index contributed by atoms with van der Waals surface area (Å²) in [6, 6.07) is 7.33. The first-order valence-electron chi connectivity index (χ1n) is 5.75. The van der Waals surface area contributed by atoms with Gasteiger partial charge in [-0.15, -0.1) is 0 Å². The molecule has 18 heavy (non-hydrogen) atoms. The highest BCUT2D eigenvalue weighted by molar-refractivity contribution is 5.85. The van der Waals surface area contributed by atoms with Crippen LogP contribution < -0.4 is 5.73 Å². The van der Waals surface area contributed by atoms with Crippen LogP contribution in [0.1, 0.15) is 5.56 Å². The van der Waals surface area contributed by atoms with Crippen LogP contribution >= 0.6 is 0 Å². The van der Waals surface area contributed by atoms with Gasteiger partial charge in [0.05, 0.1) is 13.2 Å². The molecular formula is C13H17N3O2. The van der Waals surface area contributed by atoms with Gasteiger partial charge in [-0.25, -0.2) is 5.06 Å². The van der Waals surface area contributed by atoms with Crippen molar-refractivity contribution in [1.82, 2.24) is 10.0 Å². The summed E-state index contributed by atoms with van der Waals surface area (Å²) in [5.74, 6) is -0.234. The van der Waals surface area contributed by atoms with Crippen molar-refractivity contribution < 1.29 is 9.63 Å². The predicted octanol–water partition coefficient (Wildman–Crippen LogP) is 1.06. The van der Waals surface area contributed by atoms with E-state index in [1.54, 1.807) is 7.05 Å². The average molecular weight is 247 g/mol. The number of nitrogens with two attached hydrogens (primary N) is 1. The third-order valence-electron chi connectivity index (χ3n) is 3.02. The summed E-state index contributed by atoms with van der Waals surface area (Å²) >= 11 is 0. The van der Waals surface area contributed by atoms with E-state index < -0.39 is 6.04 Å². The molecule has 1 amide bonds. The van der Waals surface area contributed by atoms with Crippen LogP contribution in [0.2, 0.25) is 0 Å². The summed E-state index contributed by atoms with van der Waals surface area (Å²) in [5.41, 5.74) is 7.98. The first kappa shape index (κ1) is 12.6. The minimum Gasteiger partial charge on any atom is -0.361 e. The van der Waals surface area contributed by atoms with Crippen LogP contribution in [-0.2, 0) is 16.1 Å². The summed E-state index contributed by atoms with van der Waals surface area (Å²) in [6.07, 6.45) is 2.38. The fourth-order valence-electron chi connectivity index (χ4n) is 1.95. The van der Waals surface area contributed by atoms with Crippen LogP contribution in [0.5, 0.6) is 0 Å². The van der Waals surface area contributed by atoms with E-state index in [1.165, 1.54) is 7.11 Å². The Labute approximate surface area is 105 Å². The molecule has 0 unspecified atom stereocenters. The van der Waals surface area contributed by atoms with Gasteiger partial charge in [0.1, 0.15) is 0 Å². The van der Waals surface area contributed by atoms with Crippen molar-refractivity contribution in [1.29, 1.82) is 0 Å². The van der Waals surface area contributed by atoms with E-state index in [1.807, 2.05) is 30.5 Å². The number of benzene rings is 1. The van der Waals surface area contributed by atoms with Gasteiger partial charge in [0.15, 0.2) is 0 Å². The summed E-state index contributed by atoms with van der Waals surface area (Å²) in [4.78, 5) is 19.8. The second kappa shape index (κ2) is 5.20. The standard InChI is InChI=1S/C13H17N3O2/c1-16(18-2)13(17)11(14)7-9-8-15-12-6-4-3-5-10(9)12/h3-6,8,11,15H,7,14H2,1-2H3/t11-/m1/s1. The van der Waals surface area contributed by atoms with Crippen LogP contribution in [0.4, 0.5) is 0 Å². The van der Waals surface area contributed by atoms with Gasteiger partial charge in [-0.3, -0.25) is 9.63 Å². The molecule has 5 heteroatoms. The Kier molecular flexibility index (Phi) is 3.64. The number of likely N-dealkylation sites (N-methyl/N-ethyl adjacent to an activating group) is 1. The maximum absolute atomic E-state index is 11.8. The molecule has 1 aromatic carbocycles. The third kappa shape index (κ3) is 2.37. The molecule has 2 aromatic rings. The van der Waals surface area contributed by atoms with Crippen LogP contribution in [0.3, 0.4) is 0 Å². The van der Waals surface area contributed by atoms with Crippen molar-refractivity contribution in [2.75, 3.05) is 14.2 Å². The van der Waals surface area contributed by atoms with E-state index in [9.17, 15) is 4.79 Å². The summed E-state index contributed by atoms with van der Waals surface area (Å²) in [6.45, 7) is 0. The molecule has 5 nitrogen and oxygen atoms in total. The number of hydrogen-bond acceptors (Lipinski definition) is 3. The number of nitrogens with zero attached hydrogens (tertiary/aromatic N) is 1. The molecular weight excluding hydrogens is 230 g/mol. The zero-order valence-electron chi connectivity index (χ0n) is 10.5. The second-order valence-corrected chi connectivity index (χ2v) is 4.19. The van der Waals surface area contributed by atoms with Gasteiger partial charge in [-0.2, -0.15) is 0 Å². The number of para-hydroxylation sites is 1. The molecule has 0 aliphatic heterocycles. The van der Waals surface area contributed by atoms with Crippen molar-refractivity contribution in [3.05, 3.63) is 36.0 Å². The lowest BCUT2D eigenvalue weighted by molar-refractivity contribution is -0.170. The molecule has 0 aliphatic carbocycles. The molecule has 0 aliphatic rings. The Balaban J connectivity index is 2.16. The molecule has 1 heterocycles. The minimum absolute atomic E-state index is 0.234. The van der Waals surface area contributed by atoms with E-state index in [0.717, 1.165) is 21.5 Å². The molecule has 2 rings (SSSR count). The number of H-pyrrole nitrogens is 1. The fourth-order valence-corrected chi connectivity index (χ4v) is 1.95. The number of carbonyl (C=O) groups excluding carboxylic acids is 1. The van der Waals surface area contributed by atoms with E-state index >= 15 is 0 Å². The zero-order valence-corrected chi connectivity index (χ0v) is 10.5. The molecule has 0 saturated carbocycles. The van der Waals surface area contributed by atoms with E-state index in [0.29, 0.717) is 6.42 Å². The highest BCUT2D eigenvalue weighted by atomic mass is 16.7. The quantitative estimate of drug-likeness (QED) is 0.793. The van der Waals surface area contributed by atoms with Crippen LogP contribution in [-0.4, -0.2) is 36.2 Å². The number of fused-ring (bicyclic) bond motifs is 1. The maximum Gasteiger partial charge on any atom is 0.263 e. The van der Waals surface area contributed by atoms with E-state index in [2.05, 4.69) is 4.98 Å². The first-order valence-corrected chi connectivity index (χ1v) is 5.75. The third-order valence-corrected chi connectivity index (χ3v) is 3.02. The van der Waals surface area contributed by atoms with Gasteiger partial charge < -0.3 is 10.7 Å². The van der Waals surface area contributed by atoms with Crippen molar-refractivity contribution in [3.63, 3.8) is 0 Å². The van der Waals surface area contributed by atoms with Crippen molar-refractivity contribution in [3.8, 4) is 0 Å². The number of aromatic nitrogens is 1. The van der Waals surface area contributed by atoms with Gasteiger partial charge >= 0.3 is 0 Å². The molecule has 0 bridgehead atoms. The molecule has 0 saturated heterocycles. The number of aromatic amines is 1. The van der Waals surface area contributed by atoms with Crippen molar-refractivity contribution in [2.45, 2.75) is 12.5 Å². The average Bonchev–Trinajstić information content (AvgIpc) is 2.80. The fraction of sp³-hybridized carbons (Fsp3) is 0.308. The first-order chi connectivity index (χ1) is 8.63. The largest absolute Gasteiger partial charge is 0.361 e. The topological polar surface area (TPSA) is 71.3 Å². The van der Waals surface area contributed by atoms with E-state index in [4.69, 9.17) is 10.6 Å². The number of carbonyl (C=O) groups is 1. The second-order valence-electron chi connectivity index (χ2n) is 4.19. The van der Waals surface area contributed by atoms with Crippen LogP contribution in [0.25, 0.3) is 10.9 Å². The van der Waals surface area contributed by atoms with Crippen LogP contribution in [0, 0.1) is 0 Å². The van der Waals surface area contributed by atoms with Crippen molar-refractivity contribution >= 4 is 16.8 Å². The Bertz CT molecular complexity index is 550. The maximum atomic E-state index is 11.8. The number of nitrogens with one attached hydrogen (secondary N) is 1. The molecule has 1 aromatic heterocycles. The predicted molar refractivity (Wildman–Crippen MR) is 69.8 cm³/mol. The Morgan fingerprint density at radius 3 is 2.94 bits per heavy atom. The van der Waals surface area contributed by atoms with Crippen LogP contribution in [0.15, 0.2) is 30.5 Å². The molecule has 0 radical (unpaired) electrons. The smallest absolute Gasteiger partial charge is 0.263 e. The lowest BCUT2D eigenvalue weighted by atomic mass is 10.1. The highest BCUT2D eigenvalue weighted by Crippen LogP contribution is 2.18. The summed E-state index contributed by atoms with van der Waals surface area (Å²) in [7, 11) is 2.99. The molecule has 3 N–H and O–H groups in total. The Morgan fingerprint density at radius 2 is 2.22 bits per heavy atom. The molecule has 0 fully saturated rings. The highest BCUT2D eigenvalue weighted by Gasteiger charge is 2.19. The summed E-state index contributed by atoms with van der Waals surface area (Å²) < 4.78 is 0. The number of amides is 1. The minimum atomic E-state index is -0.603. The lowest BCUT2D eigenvalue weighted by Gasteiger charge is -2.18. The Morgan fingerprint density at radius 1 is 1.50 bits per heavy atom. The molecule has 96 valence electrons. The number of rotatable bonds is 4. The Hall–Kier alpha value is -1.85. The van der Waals surface area contributed by atoms with Crippen molar-refractivity contribution in [2.24, 2.45) is 5.73 Å². The van der Waals surface area contributed by atoms with Gasteiger partial charge in [-0.05, 0) is 18.1 Å². The number of hydrogen-bond donors (Lipinski definition) is 2. The SMILES string of the molecule is CON(C)C(=O)[C@H](N)Cc1c[nH]c2ccccc12. The molecule has 1 atom stereocenters. The van der Waals surface area contributed by atoms with Gasteiger partial charge in [-0.1, -0.05) is 18.2 Å². The van der Waals surface area contributed by atoms with Gasteiger partial charge in [0.2, 0.25) is 0 Å².